The van der Waals surface area contributed by atoms with E-state index in [-0.39, 0.29) is 71.0 Å². The predicted octanol–water partition coefficient (Wildman–Crippen LogP) is 27.3. The van der Waals surface area contributed by atoms with Gasteiger partial charge >= 0.3 is 0 Å². The molecule has 6 aromatic carbocycles. The van der Waals surface area contributed by atoms with Crippen molar-refractivity contribution in [3.8, 4) is 11.5 Å². The molecule has 12 aromatic rings. The first-order valence-corrected chi connectivity index (χ1v) is 50.3. The summed E-state index contributed by atoms with van der Waals surface area (Å²) in [6, 6.07) is 61.0. The first kappa shape index (κ1) is 98.6. The number of hydrogen-bond acceptors (Lipinski definition) is 14. The van der Waals surface area contributed by atoms with E-state index in [1.54, 1.807) is 83.2 Å². The highest BCUT2D eigenvalue weighted by Gasteiger charge is 2.39. The van der Waals surface area contributed by atoms with E-state index in [1.165, 1.54) is 123 Å². The Bertz CT molecular complexity index is 5930. The van der Waals surface area contributed by atoms with Gasteiger partial charge in [-0.05, 0) is 179 Å². The van der Waals surface area contributed by atoms with E-state index < -0.39 is 0 Å². The smallest absolute Gasteiger partial charge is 0.249 e. The molecule has 0 fully saturated rings. The third-order valence-corrected chi connectivity index (χ3v) is 32.5. The number of aryl methyl sites for hydroxylation is 2. The van der Waals surface area contributed by atoms with E-state index in [0.29, 0.717) is 89.7 Å². The maximum absolute atomic E-state index is 12.4. The van der Waals surface area contributed by atoms with Crippen molar-refractivity contribution in [3.63, 3.8) is 0 Å². The van der Waals surface area contributed by atoms with Crippen molar-refractivity contribution in [1.29, 1.82) is 0 Å². The Morgan fingerprint density at radius 1 is 0.315 bits per heavy atom. The summed E-state index contributed by atoms with van der Waals surface area (Å²) in [5.74, 6) is 2.25. The molecule has 0 radical (unpaired) electrons. The van der Waals surface area contributed by atoms with Crippen molar-refractivity contribution >= 4 is 205 Å². The fraction of sp³-hybridized carbons (Fsp3) is 0.235. The van der Waals surface area contributed by atoms with Crippen LogP contribution in [-0.2, 0) is 68.0 Å². The molecule has 672 valence electrons. The summed E-state index contributed by atoms with van der Waals surface area (Å²) in [5.41, 5.74) is 18.0. The third-order valence-electron chi connectivity index (χ3n) is 23.5. The van der Waals surface area contributed by atoms with Crippen molar-refractivity contribution in [2.24, 2.45) is 0 Å². The van der Waals surface area contributed by atoms with Crippen molar-refractivity contribution in [2.75, 3.05) is 53.5 Å². The number of para-hydroxylation sites is 2. The van der Waals surface area contributed by atoms with Gasteiger partial charge in [0.1, 0.15) is 11.5 Å². The number of rotatable bonds is 14. The molecule has 130 heavy (non-hydrogen) atoms. The molecule has 28 heteroatoms. The molecular weight excluding hydrogens is 2000 g/mol. The Morgan fingerprint density at radius 3 is 0.746 bits per heavy atom. The van der Waals surface area contributed by atoms with Crippen LogP contribution in [0.4, 0.5) is 0 Å². The molecule has 6 aliphatic rings. The molecule has 0 N–H and O–H groups in total. The maximum Gasteiger partial charge on any atom is 0.249 e. The minimum absolute atomic E-state index is 0.0220. The van der Waals surface area contributed by atoms with Crippen molar-refractivity contribution in [2.45, 2.75) is 102 Å². The number of nitrogens with zero attached hydrogens (tertiary/aromatic N) is 6. The van der Waals surface area contributed by atoms with Crippen molar-refractivity contribution in [3.05, 3.63) is 399 Å². The molecule has 6 aromatic heterocycles. The number of carbonyl (C=O) groups excluding carboxylic acids is 6. The van der Waals surface area contributed by atoms with Gasteiger partial charge < -0.3 is 38.9 Å². The topological polar surface area (TPSA) is 140 Å². The summed E-state index contributed by atoms with van der Waals surface area (Å²) >= 11 is 53.8. The molecule has 6 aliphatic heterocycles. The number of fused-ring (bicyclic) bond motifs is 6. The zero-order chi connectivity index (χ0) is 93.1. The van der Waals surface area contributed by atoms with Crippen LogP contribution in [0.15, 0.2) is 266 Å². The number of halogens is 8. The second-order valence-corrected chi connectivity index (χ2v) is 44.1. The summed E-state index contributed by atoms with van der Waals surface area (Å²) in [5, 5.41) is 0. The van der Waals surface area contributed by atoms with Crippen LogP contribution < -0.4 is 9.47 Å². The lowest BCUT2D eigenvalue weighted by molar-refractivity contribution is -0.128. The summed E-state index contributed by atoms with van der Waals surface area (Å²) in [6.45, 7) is 37.2. The van der Waals surface area contributed by atoms with Crippen LogP contribution >= 0.6 is 169 Å². The second kappa shape index (κ2) is 44.7. The van der Waals surface area contributed by atoms with Gasteiger partial charge in [-0.25, -0.2) is 0 Å². The van der Waals surface area contributed by atoms with Crippen LogP contribution in [0.5, 0.6) is 11.5 Å². The number of carbonyl (C=O) groups is 6. The fourth-order valence-electron chi connectivity index (χ4n) is 17.3. The van der Waals surface area contributed by atoms with Gasteiger partial charge in [-0.15, -0.1) is 68.0 Å². The molecule has 0 unspecified atom stereocenters. The molecule has 0 saturated carbocycles. The van der Waals surface area contributed by atoms with Crippen molar-refractivity contribution in [1.82, 2.24) is 29.4 Å². The quantitative estimate of drug-likeness (QED) is 0.0980. The molecular formula is C102H94Br2Cl6N6O8S6. The Kier molecular flexibility index (Phi) is 33.9. The predicted molar refractivity (Wildman–Crippen MR) is 547 cm³/mol. The minimum atomic E-state index is -0.0601. The first-order chi connectivity index (χ1) is 62.4. The van der Waals surface area contributed by atoms with Crippen LogP contribution in [-0.4, -0.2) is 118 Å². The van der Waals surface area contributed by atoms with Crippen LogP contribution in [0, 0.1) is 13.8 Å². The summed E-state index contributed by atoms with van der Waals surface area (Å²) in [7, 11) is 3.33. The molecule has 14 nitrogen and oxygen atoms in total. The maximum atomic E-state index is 12.4. The Labute approximate surface area is 830 Å². The monoisotopic (exact) mass is 2090 g/mol. The number of hydrogen-bond donors (Lipinski definition) is 0. The molecule has 0 saturated heterocycles. The lowest BCUT2D eigenvalue weighted by Gasteiger charge is -2.34. The SMILES string of the molecule is C=C(C)C(=O)N1Cc2sc(Cl)cc2[C@@H](c2ccccc2C)C1.C=C(C)C(=O)N1Cc2sc(Cl)cc2[C@H](c2ccccc2C)C1.C=CC(=O)N1Cc2sc(Cl)cc2[C@@H](c2ccccc2Br)C1.C=CC(=O)N1Cc2sc(Cl)cc2[C@@H](c2ccccc2OC)C1.C=CC(=O)N1Cc2sc(Cl)cc2[C@H](c2ccccc2Br)C1.C=CC(=O)N1Cc2sc(Cl)cc2[C@H](c2ccccc2OC)C1. The van der Waals surface area contributed by atoms with Crippen LogP contribution in [0.25, 0.3) is 0 Å². The van der Waals surface area contributed by atoms with E-state index in [1.807, 2.05) is 141 Å². The van der Waals surface area contributed by atoms with E-state index in [0.717, 1.165) is 77.1 Å². The van der Waals surface area contributed by atoms with Gasteiger partial charge in [0.25, 0.3) is 0 Å². The van der Waals surface area contributed by atoms with E-state index in [4.69, 9.17) is 79.1 Å². The minimum Gasteiger partial charge on any atom is -0.496 e. The average molecular weight is 2100 g/mol. The number of amides is 6. The van der Waals surface area contributed by atoms with Crippen LogP contribution in [0.2, 0.25) is 26.0 Å². The van der Waals surface area contributed by atoms with Gasteiger partial charge in [-0.1, -0.05) is 262 Å². The summed E-state index contributed by atoms with van der Waals surface area (Å²) < 4.78 is 17.7. The van der Waals surface area contributed by atoms with Crippen LogP contribution in [0.3, 0.4) is 0 Å². The largest absolute Gasteiger partial charge is 0.496 e. The lowest BCUT2D eigenvalue weighted by Crippen LogP contribution is -2.38. The normalized spacial score (nSPS) is 17.2. The zero-order valence-electron chi connectivity index (χ0n) is 72.2. The van der Waals surface area contributed by atoms with E-state index in [9.17, 15) is 28.8 Å². The molecule has 0 bridgehead atoms. The average Bonchev–Trinajstić information content (AvgIpc) is 1.63. The number of methoxy groups -OCH3 is 2. The zero-order valence-corrected chi connectivity index (χ0v) is 84.9. The van der Waals surface area contributed by atoms with E-state index in [2.05, 4.69) is 146 Å². The highest BCUT2D eigenvalue weighted by Crippen LogP contribution is 2.49. The lowest BCUT2D eigenvalue weighted by atomic mass is 9.86. The number of benzene rings is 6. The van der Waals surface area contributed by atoms with Gasteiger partial charge in [0.05, 0.1) is 79.5 Å². The third kappa shape index (κ3) is 22.9. The highest BCUT2D eigenvalue weighted by atomic mass is 79.9. The fourth-order valence-corrected chi connectivity index (χ4v) is 26.6. The molecule has 0 spiro atoms. The second-order valence-electron chi connectivity index (χ2n) is 31.8. The van der Waals surface area contributed by atoms with Crippen LogP contribution in [0.1, 0.15) is 157 Å². The molecule has 18 rings (SSSR count). The number of ether oxygens (including phenoxy) is 2. The molecule has 6 atom stereocenters. The molecule has 12 heterocycles. The van der Waals surface area contributed by atoms with Gasteiger partial charge in [0, 0.05) is 135 Å². The standard InChI is InChI=1S/2C18H18ClNOS.2C17H16ClNO2S.2C16H13BrClNOS/c2*1-11(2)18(21)20-9-15(13-7-5-4-6-12(13)3)14-8-17(19)22-16(14)10-20;2*1-3-17(20)19-9-13(11-6-4-5-7-14(11)21-2)12-8-16(18)22-15(12)10-19;2*1-2-16(20)19-8-12(10-5-3-4-6-13(10)17)11-7-15(18)21-14(11)9-19/h2*4-8,15H,1,9-10H2,2-3H3;2*3-8,13H,1,9-10H2,2H3;2*2-7,12H,1,8-9H2/t2*15-;2*13-;2*12-/m101010/s1. The van der Waals surface area contributed by atoms with Gasteiger partial charge in [-0.2, -0.15) is 0 Å². The molecule has 0 aliphatic carbocycles. The Hall–Kier alpha value is -8.92. The highest BCUT2D eigenvalue weighted by molar-refractivity contribution is 9.10. The molecule has 6 amide bonds. The summed E-state index contributed by atoms with van der Waals surface area (Å²) in [4.78, 5) is 90.9. The summed E-state index contributed by atoms with van der Waals surface area (Å²) in [6.07, 6.45) is 5.47. The van der Waals surface area contributed by atoms with Gasteiger partial charge in [-0.3, -0.25) is 28.8 Å². The van der Waals surface area contributed by atoms with E-state index >= 15 is 0 Å². The first-order valence-electron chi connectivity index (χ1n) is 41.5. The Balaban J connectivity index is 0.000000133. The van der Waals surface area contributed by atoms with Crippen molar-refractivity contribution < 1.29 is 38.2 Å². The number of thiophene rings is 6. The Morgan fingerprint density at radius 2 is 0.515 bits per heavy atom. The van der Waals surface area contributed by atoms with Gasteiger partial charge in [0.2, 0.25) is 35.4 Å². The van der Waals surface area contributed by atoms with Gasteiger partial charge in [0.15, 0.2) is 0 Å².